The Labute approximate surface area is 153 Å². The Morgan fingerprint density at radius 3 is 2.77 bits per heavy atom. The Kier molecular flexibility index (Phi) is 5.24. The fourth-order valence-corrected chi connectivity index (χ4v) is 3.92. The highest BCUT2D eigenvalue weighted by Crippen LogP contribution is 2.21. The first-order valence-corrected chi connectivity index (χ1v) is 9.82. The molecular weight excluding hydrogens is 352 g/mol. The number of sulfonamides is 1. The van der Waals surface area contributed by atoms with E-state index in [-0.39, 0.29) is 4.90 Å². The van der Waals surface area contributed by atoms with Gasteiger partial charge in [0.2, 0.25) is 10.0 Å². The molecule has 8 heteroatoms. The predicted molar refractivity (Wildman–Crippen MR) is 99.0 cm³/mol. The summed E-state index contributed by atoms with van der Waals surface area (Å²) >= 11 is 0. The lowest BCUT2D eigenvalue weighted by Crippen LogP contribution is -2.25. The molecule has 0 aliphatic rings. The highest BCUT2D eigenvalue weighted by Gasteiger charge is 2.14. The number of aryl methyl sites for hydroxylation is 3. The van der Waals surface area contributed by atoms with Crippen molar-refractivity contribution in [1.82, 2.24) is 19.3 Å². The molecule has 0 saturated carbocycles. The van der Waals surface area contributed by atoms with Gasteiger partial charge in [-0.3, -0.25) is 0 Å². The van der Waals surface area contributed by atoms with Crippen molar-refractivity contribution in [3.05, 3.63) is 53.5 Å². The number of rotatable bonds is 7. The molecular formula is C18H22N4O3S. The van der Waals surface area contributed by atoms with Crippen LogP contribution in [0.15, 0.2) is 41.6 Å². The molecule has 2 heterocycles. The second-order valence-corrected chi connectivity index (χ2v) is 7.95. The molecule has 2 aromatic heterocycles. The van der Waals surface area contributed by atoms with Crippen molar-refractivity contribution in [3.63, 3.8) is 0 Å². The van der Waals surface area contributed by atoms with E-state index in [0.717, 1.165) is 22.5 Å². The van der Waals surface area contributed by atoms with Gasteiger partial charge in [-0.25, -0.2) is 22.6 Å². The van der Waals surface area contributed by atoms with Crippen LogP contribution < -0.4 is 9.46 Å². The fourth-order valence-electron chi connectivity index (χ4n) is 2.76. The van der Waals surface area contributed by atoms with E-state index in [0.29, 0.717) is 25.1 Å². The van der Waals surface area contributed by atoms with Gasteiger partial charge in [0.25, 0.3) is 0 Å². The van der Waals surface area contributed by atoms with E-state index < -0.39 is 10.0 Å². The summed E-state index contributed by atoms with van der Waals surface area (Å²) in [5.41, 5.74) is 3.52. The van der Waals surface area contributed by atoms with Crippen molar-refractivity contribution in [2.45, 2.75) is 31.6 Å². The van der Waals surface area contributed by atoms with Crippen molar-refractivity contribution in [2.75, 3.05) is 13.7 Å². The first-order valence-electron chi connectivity index (χ1n) is 8.34. The third kappa shape index (κ3) is 4.03. The minimum atomic E-state index is -3.53. The number of hydrogen-bond donors (Lipinski definition) is 1. The van der Waals surface area contributed by atoms with E-state index in [9.17, 15) is 8.42 Å². The molecule has 1 aromatic carbocycles. The number of nitrogens with zero attached hydrogens (tertiary/aromatic N) is 3. The molecule has 3 aromatic rings. The second-order valence-electron chi connectivity index (χ2n) is 6.18. The van der Waals surface area contributed by atoms with Crippen molar-refractivity contribution < 1.29 is 13.2 Å². The molecule has 7 nitrogen and oxygen atoms in total. The monoisotopic (exact) mass is 374 g/mol. The molecule has 0 aliphatic heterocycles. The summed E-state index contributed by atoms with van der Waals surface area (Å²) in [7, 11) is -1.97. The van der Waals surface area contributed by atoms with Crippen LogP contribution in [0, 0.1) is 13.8 Å². The van der Waals surface area contributed by atoms with E-state index in [1.54, 1.807) is 36.0 Å². The first-order chi connectivity index (χ1) is 12.4. The molecule has 0 spiro atoms. The summed E-state index contributed by atoms with van der Waals surface area (Å²) in [5.74, 6) is 0.667. The Balaban J connectivity index is 1.58. The van der Waals surface area contributed by atoms with E-state index in [2.05, 4.69) is 14.8 Å². The van der Waals surface area contributed by atoms with Gasteiger partial charge < -0.3 is 4.74 Å². The predicted octanol–water partition coefficient (Wildman–Crippen LogP) is 2.27. The van der Waals surface area contributed by atoms with E-state index >= 15 is 0 Å². The number of hydrogen-bond acceptors (Lipinski definition) is 5. The Morgan fingerprint density at radius 2 is 2.04 bits per heavy atom. The summed E-state index contributed by atoms with van der Waals surface area (Å²) in [4.78, 5) is 4.59. The Hall–Kier alpha value is -2.45. The summed E-state index contributed by atoms with van der Waals surface area (Å²) in [6.07, 6.45) is 5.11. The van der Waals surface area contributed by atoms with Gasteiger partial charge in [-0.15, -0.1) is 0 Å². The molecule has 0 bridgehead atoms. The van der Waals surface area contributed by atoms with E-state index in [1.165, 1.54) is 0 Å². The van der Waals surface area contributed by atoms with Crippen LogP contribution in [0.25, 0.3) is 5.65 Å². The maximum absolute atomic E-state index is 12.4. The number of methoxy groups -OCH3 is 1. The van der Waals surface area contributed by atoms with E-state index in [4.69, 9.17) is 4.74 Å². The van der Waals surface area contributed by atoms with E-state index in [1.807, 2.05) is 26.1 Å². The molecule has 0 saturated heterocycles. The quantitative estimate of drug-likeness (QED) is 0.641. The lowest BCUT2D eigenvalue weighted by Gasteiger charge is -2.09. The topological polar surface area (TPSA) is 85.6 Å². The zero-order chi connectivity index (χ0) is 18.7. The Morgan fingerprint density at radius 1 is 1.23 bits per heavy atom. The molecule has 0 amide bonds. The zero-order valence-electron chi connectivity index (χ0n) is 15.1. The van der Waals surface area contributed by atoms with Gasteiger partial charge in [0.1, 0.15) is 5.75 Å². The smallest absolute Gasteiger partial charge is 0.240 e. The maximum atomic E-state index is 12.4. The van der Waals surface area contributed by atoms with Crippen LogP contribution in [0.1, 0.15) is 23.2 Å². The molecule has 0 radical (unpaired) electrons. The van der Waals surface area contributed by atoms with Gasteiger partial charge in [-0.05, 0) is 56.0 Å². The molecule has 0 unspecified atom stereocenters. The lowest BCUT2D eigenvalue weighted by molar-refractivity contribution is 0.411. The van der Waals surface area contributed by atoms with Gasteiger partial charge in [0, 0.05) is 25.0 Å². The number of ether oxygens (including phenoxy) is 1. The van der Waals surface area contributed by atoms with Crippen LogP contribution in [0.4, 0.5) is 0 Å². The van der Waals surface area contributed by atoms with Crippen LogP contribution in [0.3, 0.4) is 0 Å². The van der Waals surface area contributed by atoms with Gasteiger partial charge in [-0.1, -0.05) is 0 Å². The van der Waals surface area contributed by atoms with Crippen molar-refractivity contribution in [1.29, 1.82) is 0 Å². The molecule has 138 valence electrons. The number of fused-ring (bicyclic) bond motifs is 1. The summed E-state index contributed by atoms with van der Waals surface area (Å²) in [5, 5.41) is 4.34. The summed E-state index contributed by atoms with van der Waals surface area (Å²) in [6, 6.07) is 6.73. The third-order valence-electron chi connectivity index (χ3n) is 4.10. The molecule has 0 fully saturated rings. The number of benzene rings is 1. The van der Waals surface area contributed by atoms with Crippen LogP contribution in [0.2, 0.25) is 0 Å². The van der Waals surface area contributed by atoms with Crippen LogP contribution in [-0.4, -0.2) is 36.7 Å². The number of aromatic nitrogens is 3. The normalized spacial score (nSPS) is 11.8. The summed E-state index contributed by atoms with van der Waals surface area (Å²) < 4.78 is 34.3. The van der Waals surface area contributed by atoms with Crippen molar-refractivity contribution in [2.24, 2.45) is 0 Å². The lowest BCUT2D eigenvalue weighted by atomic mass is 10.2. The standard InChI is InChI=1S/C18H22N4O3S/c1-13-9-16(6-7-17(13)25-3)26(23,24)20-8-4-5-15-11-19-18-10-14(2)21-22(18)12-15/h6-7,9-12,20H,4-5,8H2,1-3H3. The third-order valence-corrected chi connectivity index (χ3v) is 5.56. The zero-order valence-corrected chi connectivity index (χ0v) is 15.9. The maximum Gasteiger partial charge on any atom is 0.240 e. The van der Waals surface area contributed by atoms with Gasteiger partial charge in [-0.2, -0.15) is 5.10 Å². The molecule has 3 rings (SSSR count). The highest BCUT2D eigenvalue weighted by molar-refractivity contribution is 7.89. The SMILES string of the molecule is COc1ccc(S(=O)(=O)NCCCc2cnc3cc(C)nn3c2)cc1C. The largest absolute Gasteiger partial charge is 0.496 e. The average molecular weight is 374 g/mol. The highest BCUT2D eigenvalue weighted by atomic mass is 32.2. The minimum absolute atomic E-state index is 0.242. The first kappa shape index (κ1) is 18.3. The fraction of sp³-hybridized carbons (Fsp3) is 0.333. The minimum Gasteiger partial charge on any atom is -0.496 e. The number of nitrogens with one attached hydrogen (secondary N) is 1. The van der Waals surface area contributed by atoms with Crippen molar-refractivity contribution >= 4 is 15.7 Å². The van der Waals surface area contributed by atoms with Crippen LogP contribution in [-0.2, 0) is 16.4 Å². The van der Waals surface area contributed by atoms with Gasteiger partial charge in [0.05, 0.1) is 17.7 Å². The average Bonchev–Trinajstić information content (AvgIpc) is 2.98. The molecule has 0 aliphatic carbocycles. The molecule has 0 atom stereocenters. The van der Waals surface area contributed by atoms with Crippen LogP contribution in [0.5, 0.6) is 5.75 Å². The molecule has 1 N–H and O–H groups in total. The second kappa shape index (κ2) is 7.43. The summed E-state index contributed by atoms with van der Waals surface area (Å²) in [6.45, 7) is 4.09. The van der Waals surface area contributed by atoms with Gasteiger partial charge >= 0.3 is 0 Å². The van der Waals surface area contributed by atoms with Gasteiger partial charge in [0.15, 0.2) is 5.65 Å². The molecule has 26 heavy (non-hydrogen) atoms. The Bertz CT molecular complexity index is 1030. The van der Waals surface area contributed by atoms with Crippen LogP contribution >= 0.6 is 0 Å². The van der Waals surface area contributed by atoms with Crippen molar-refractivity contribution in [3.8, 4) is 5.75 Å².